The SMILES string of the molecule is COc1cc(C)c2[nH]ccc2c1CN1CC[C@H](OC2CCOC2)C[C@H]1c1ccc(C(=O)O)cc1. The molecule has 0 aliphatic carbocycles. The van der Waals surface area contributed by atoms with Crippen molar-refractivity contribution in [3.05, 3.63) is 64.8 Å². The van der Waals surface area contributed by atoms with Gasteiger partial charge in [-0.1, -0.05) is 12.1 Å². The molecule has 7 nitrogen and oxygen atoms in total. The molecule has 0 spiro atoms. The number of carboxylic acid groups (broad SMARTS) is 1. The Morgan fingerprint density at radius 1 is 1.21 bits per heavy atom. The molecule has 3 aromatic rings. The van der Waals surface area contributed by atoms with Crippen molar-refractivity contribution in [3.8, 4) is 5.75 Å². The van der Waals surface area contributed by atoms with Gasteiger partial charge in [-0.05, 0) is 61.6 Å². The van der Waals surface area contributed by atoms with Crippen LogP contribution in [0.3, 0.4) is 0 Å². The van der Waals surface area contributed by atoms with Crippen LogP contribution in [-0.4, -0.2) is 60.0 Å². The Kier molecular flexibility index (Phi) is 6.59. The van der Waals surface area contributed by atoms with Crippen LogP contribution >= 0.6 is 0 Å². The number of aryl methyl sites for hydroxylation is 1. The number of rotatable bonds is 7. The summed E-state index contributed by atoms with van der Waals surface area (Å²) >= 11 is 0. The molecule has 1 aromatic heterocycles. The highest BCUT2D eigenvalue weighted by atomic mass is 16.5. The third-order valence-electron chi connectivity index (χ3n) is 7.17. The van der Waals surface area contributed by atoms with Crippen molar-refractivity contribution in [1.29, 1.82) is 0 Å². The van der Waals surface area contributed by atoms with Gasteiger partial charge in [0.25, 0.3) is 0 Å². The van der Waals surface area contributed by atoms with E-state index in [0.29, 0.717) is 12.2 Å². The lowest BCUT2D eigenvalue weighted by Gasteiger charge is -2.40. The number of H-pyrrole nitrogens is 1. The number of carboxylic acids is 1. The van der Waals surface area contributed by atoms with Gasteiger partial charge in [-0.2, -0.15) is 0 Å². The van der Waals surface area contributed by atoms with Crippen molar-refractivity contribution < 1.29 is 24.1 Å². The van der Waals surface area contributed by atoms with Gasteiger partial charge in [-0.15, -0.1) is 0 Å². The second-order valence-corrected chi connectivity index (χ2v) is 9.32. The summed E-state index contributed by atoms with van der Waals surface area (Å²) in [6, 6.07) is 11.6. The van der Waals surface area contributed by atoms with Crippen LogP contribution in [0.4, 0.5) is 0 Å². The van der Waals surface area contributed by atoms with Crippen LogP contribution in [0.2, 0.25) is 0 Å². The summed E-state index contributed by atoms with van der Waals surface area (Å²) < 4.78 is 17.7. The molecule has 2 fully saturated rings. The van der Waals surface area contributed by atoms with Crippen LogP contribution in [0.5, 0.6) is 5.75 Å². The molecule has 3 heterocycles. The number of hydrogen-bond acceptors (Lipinski definition) is 5. The molecule has 0 saturated carbocycles. The molecule has 3 atom stereocenters. The van der Waals surface area contributed by atoms with E-state index in [4.69, 9.17) is 14.2 Å². The van der Waals surface area contributed by atoms with E-state index in [1.165, 1.54) is 10.9 Å². The van der Waals surface area contributed by atoms with Gasteiger partial charge in [0, 0.05) is 48.4 Å². The Labute approximate surface area is 199 Å². The highest BCUT2D eigenvalue weighted by Crippen LogP contribution is 2.38. The minimum atomic E-state index is -0.909. The fourth-order valence-corrected chi connectivity index (χ4v) is 5.37. The fraction of sp³-hybridized carbons (Fsp3) is 0.444. The van der Waals surface area contributed by atoms with E-state index in [1.54, 1.807) is 19.2 Å². The minimum absolute atomic E-state index is 0.115. The number of carbonyl (C=O) groups is 1. The maximum atomic E-state index is 11.4. The van der Waals surface area contributed by atoms with Crippen molar-refractivity contribution in [1.82, 2.24) is 9.88 Å². The molecule has 1 unspecified atom stereocenters. The number of fused-ring (bicyclic) bond motifs is 1. The molecule has 2 aliphatic heterocycles. The van der Waals surface area contributed by atoms with Gasteiger partial charge >= 0.3 is 5.97 Å². The van der Waals surface area contributed by atoms with E-state index < -0.39 is 5.97 Å². The quantitative estimate of drug-likeness (QED) is 0.528. The molecule has 7 heteroatoms. The van der Waals surface area contributed by atoms with Crippen LogP contribution < -0.4 is 4.74 Å². The normalized spacial score (nSPS) is 23.4. The predicted octanol–water partition coefficient (Wildman–Crippen LogP) is 4.69. The lowest BCUT2D eigenvalue weighted by molar-refractivity contribution is -0.0608. The van der Waals surface area contributed by atoms with Gasteiger partial charge in [0.05, 0.1) is 31.5 Å². The first-order chi connectivity index (χ1) is 16.5. The van der Waals surface area contributed by atoms with Crippen LogP contribution in [0, 0.1) is 6.92 Å². The van der Waals surface area contributed by atoms with Gasteiger partial charge in [0.15, 0.2) is 0 Å². The van der Waals surface area contributed by atoms with Crippen LogP contribution in [-0.2, 0) is 16.0 Å². The molecular weight excluding hydrogens is 432 g/mol. The molecule has 5 rings (SSSR count). The molecule has 0 radical (unpaired) electrons. The number of nitrogens with one attached hydrogen (secondary N) is 1. The number of aromatic nitrogens is 1. The average Bonchev–Trinajstić information content (AvgIpc) is 3.54. The van der Waals surface area contributed by atoms with Crippen LogP contribution in [0.1, 0.15) is 52.4 Å². The third kappa shape index (κ3) is 4.56. The summed E-state index contributed by atoms with van der Waals surface area (Å²) in [5.41, 5.74) is 4.87. The zero-order valence-corrected chi connectivity index (χ0v) is 19.8. The largest absolute Gasteiger partial charge is 0.496 e. The number of benzene rings is 2. The van der Waals surface area contributed by atoms with Gasteiger partial charge in [-0.3, -0.25) is 4.90 Å². The summed E-state index contributed by atoms with van der Waals surface area (Å²) in [4.78, 5) is 17.2. The molecule has 0 bridgehead atoms. The lowest BCUT2D eigenvalue weighted by Crippen LogP contribution is -2.40. The van der Waals surface area contributed by atoms with E-state index >= 15 is 0 Å². The zero-order valence-electron chi connectivity index (χ0n) is 19.8. The monoisotopic (exact) mass is 464 g/mol. The van der Waals surface area contributed by atoms with Gasteiger partial charge < -0.3 is 24.3 Å². The number of ether oxygens (including phenoxy) is 3. The van der Waals surface area contributed by atoms with E-state index in [9.17, 15) is 9.90 Å². The number of aromatic amines is 1. The van der Waals surface area contributed by atoms with E-state index in [1.807, 2.05) is 18.3 Å². The number of piperidine rings is 1. The van der Waals surface area contributed by atoms with Gasteiger partial charge in [0.2, 0.25) is 0 Å². The second kappa shape index (κ2) is 9.78. The molecule has 34 heavy (non-hydrogen) atoms. The Bertz CT molecular complexity index is 1150. The standard InChI is InChI=1S/C27H32N2O5/c1-17-13-25(32-2)23(22-7-10-28-26(17)22)15-29-11-8-20(34-21-9-12-33-16-21)14-24(29)18-3-5-19(6-4-18)27(30)31/h3-7,10,13,20-21,24,28H,8-9,11-12,14-16H2,1-2H3,(H,30,31)/t20-,21?,24-/m0/s1. The smallest absolute Gasteiger partial charge is 0.335 e. The highest BCUT2D eigenvalue weighted by Gasteiger charge is 2.33. The molecule has 2 aliphatic rings. The summed E-state index contributed by atoms with van der Waals surface area (Å²) in [6.07, 6.45) is 5.05. The predicted molar refractivity (Wildman–Crippen MR) is 129 cm³/mol. The number of aromatic carboxylic acids is 1. The topological polar surface area (TPSA) is 84.0 Å². The van der Waals surface area contributed by atoms with Crippen LogP contribution in [0.15, 0.2) is 42.6 Å². The summed E-state index contributed by atoms with van der Waals surface area (Å²) in [7, 11) is 1.72. The highest BCUT2D eigenvalue weighted by molar-refractivity contribution is 5.88. The maximum Gasteiger partial charge on any atom is 0.335 e. The molecule has 2 aromatic carbocycles. The van der Waals surface area contributed by atoms with E-state index in [-0.39, 0.29) is 18.2 Å². The minimum Gasteiger partial charge on any atom is -0.496 e. The number of methoxy groups -OCH3 is 1. The summed E-state index contributed by atoms with van der Waals surface area (Å²) in [6.45, 7) is 5.15. The van der Waals surface area contributed by atoms with Crippen molar-refractivity contribution in [3.63, 3.8) is 0 Å². The van der Waals surface area contributed by atoms with E-state index in [0.717, 1.165) is 61.4 Å². The molecule has 2 N–H and O–H groups in total. The van der Waals surface area contributed by atoms with Crippen molar-refractivity contribution in [2.75, 3.05) is 26.9 Å². The molecular formula is C27H32N2O5. The maximum absolute atomic E-state index is 11.4. The first kappa shape index (κ1) is 22.9. The lowest BCUT2D eigenvalue weighted by atomic mass is 9.91. The number of hydrogen-bond donors (Lipinski definition) is 2. The number of nitrogens with zero attached hydrogens (tertiary/aromatic N) is 1. The first-order valence-electron chi connectivity index (χ1n) is 12.0. The van der Waals surface area contributed by atoms with Crippen molar-refractivity contribution >= 4 is 16.9 Å². The summed E-state index contributed by atoms with van der Waals surface area (Å²) in [5.74, 6) is -0.0141. The molecule has 0 amide bonds. The number of likely N-dealkylation sites (tertiary alicyclic amines) is 1. The molecule has 2 saturated heterocycles. The van der Waals surface area contributed by atoms with Gasteiger partial charge in [-0.25, -0.2) is 4.79 Å². The van der Waals surface area contributed by atoms with Crippen molar-refractivity contribution in [2.24, 2.45) is 0 Å². The fourth-order valence-electron chi connectivity index (χ4n) is 5.37. The second-order valence-electron chi connectivity index (χ2n) is 9.32. The Morgan fingerprint density at radius 2 is 2.03 bits per heavy atom. The van der Waals surface area contributed by atoms with Gasteiger partial charge in [0.1, 0.15) is 5.75 Å². The molecule has 180 valence electrons. The zero-order chi connectivity index (χ0) is 23.7. The van der Waals surface area contributed by atoms with Crippen molar-refractivity contribution in [2.45, 2.75) is 51.0 Å². The average molecular weight is 465 g/mol. The third-order valence-corrected chi connectivity index (χ3v) is 7.17. The Balaban J connectivity index is 1.45. The van der Waals surface area contributed by atoms with E-state index in [2.05, 4.69) is 28.9 Å². The Hall–Kier alpha value is -2.87. The van der Waals surface area contributed by atoms with Crippen LogP contribution in [0.25, 0.3) is 10.9 Å². The summed E-state index contributed by atoms with van der Waals surface area (Å²) in [5, 5.41) is 10.5. The first-order valence-corrected chi connectivity index (χ1v) is 12.0. The Morgan fingerprint density at radius 3 is 2.74 bits per heavy atom.